The van der Waals surface area contributed by atoms with Crippen LogP contribution in [0, 0.1) is 0 Å². The van der Waals surface area contributed by atoms with Crippen LogP contribution in [0.15, 0.2) is 0 Å². The number of carbonyl (C=O) groups excluding carboxylic acids is 3. The lowest BCUT2D eigenvalue weighted by molar-refractivity contribution is -0.158. The topological polar surface area (TPSA) is 81.7 Å². The van der Waals surface area contributed by atoms with Gasteiger partial charge in [-0.3, -0.25) is 9.59 Å². The lowest BCUT2D eigenvalue weighted by Crippen LogP contribution is -2.46. The van der Waals surface area contributed by atoms with Crippen LogP contribution in [0.2, 0.25) is 0 Å². The quantitative estimate of drug-likeness (QED) is 0.0484. The Kier molecular flexibility index (Phi) is 47.3. The van der Waals surface area contributed by atoms with Crippen LogP contribution in [0.4, 0.5) is 0 Å². The van der Waals surface area contributed by atoms with Crippen molar-refractivity contribution < 1.29 is 23.9 Å². The lowest BCUT2D eigenvalue weighted by atomic mass is 10.0. The Bertz CT molecular complexity index is 1010. The summed E-state index contributed by atoms with van der Waals surface area (Å²) in [4.78, 5) is 39.5. The molecule has 0 saturated carbocycles. The van der Waals surface area contributed by atoms with E-state index in [9.17, 15) is 14.4 Å². The zero-order chi connectivity index (χ0) is 47.0. The van der Waals surface area contributed by atoms with Gasteiger partial charge in [-0.1, -0.05) is 258 Å². The molecular formula is C57H111NO5S. The van der Waals surface area contributed by atoms with Gasteiger partial charge in [0, 0.05) is 24.3 Å². The molecule has 0 radical (unpaired) electrons. The van der Waals surface area contributed by atoms with E-state index in [1.807, 2.05) is 20.8 Å². The molecule has 0 unspecified atom stereocenters. The summed E-state index contributed by atoms with van der Waals surface area (Å²) in [6.45, 7) is 12.4. The van der Waals surface area contributed by atoms with Crippen LogP contribution in [0.3, 0.4) is 0 Å². The number of rotatable bonds is 50. The Morgan fingerprint density at radius 2 is 0.734 bits per heavy atom. The molecule has 0 aromatic rings. The number of ether oxygens (including phenoxy) is 2. The molecule has 1 N–H and O–H groups in total. The average Bonchev–Trinajstić information content (AvgIpc) is 3.25. The molecule has 0 aliphatic rings. The van der Waals surface area contributed by atoms with Crippen molar-refractivity contribution in [1.29, 1.82) is 0 Å². The number of unbranched alkanes of at least 4 members (excludes halogenated alkanes) is 37. The first-order valence-electron chi connectivity index (χ1n) is 28.4. The van der Waals surface area contributed by atoms with E-state index in [2.05, 4.69) is 26.1 Å². The standard InChI is InChI=1S/C57H111NO5S/c1-7-10-13-16-19-22-25-28-31-32-35-38-41-44-47-52(62-55(60)49-46-43-40-37-34-30-27-24-21-18-15-12-9-3)50-64-51-53(56(61)63-57(4,5)6)58-54(59)48-45-42-39-36-33-29-26-23-20-17-14-11-8-2/h52-53H,7-51H2,1-6H3,(H,58,59)/t52-,53-/m1/s1. The highest BCUT2D eigenvalue weighted by Gasteiger charge is 2.27. The summed E-state index contributed by atoms with van der Waals surface area (Å²) in [5, 5.41) is 3.02. The largest absolute Gasteiger partial charge is 0.461 e. The summed E-state index contributed by atoms with van der Waals surface area (Å²) in [5.74, 6) is 0.472. The molecule has 1 amide bonds. The van der Waals surface area contributed by atoms with Gasteiger partial charge in [-0.25, -0.2) is 4.79 Å². The molecule has 64 heavy (non-hydrogen) atoms. The van der Waals surface area contributed by atoms with Crippen molar-refractivity contribution in [2.24, 2.45) is 0 Å². The normalized spacial score (nSPS) is 12.7. The van der Waals surface area contributed by atoms with E-state index in [0.29, 0.717) is 24.3 Å². The highest BCUT2D eigenvalue weighted by molar-refractivity contribution is 7.99. The molecule has 0 rings (SSSR count). The number of esters is 2. The van der Waals surface area contributed by atoms with Crippen molar-refractivity contribution in [3.05, 3.63) is 0 Å². The maximum atomic E-state index is 13.3. The third-order valence-electron chi connectivity index (χ3n) is 12.8. The van der Waals surface area contributed by atoms with E-state index >= 15 is 0 Å². The molecule has 0 bridgehead atoms. The fourth-order valence-corrected chi connectivity index (χ4v) is 9.79. The smallest absolute Gasteiger partial charge is 0.330 e. The van der Waals surface area contributed by atoms with Gasteiger partial charge < -0.3 is 14.8 Å². The van der Waals surface area contributed by atoms with E-state index in [1.165, 1.54) is 212 Å². The molecule has 2 atom stereocenters. The van der Waals surface area contributed by atoms with E-state index in [0.717, 1.165) is 51.4 Å². The Morgan fingerprint density at radius 1 is 0.422 bits per heavy atom. The number of thioether (sulfide) groups is 1. The summed E-state index contributed by atoms with van der Waals surface area (Å²) in [7, 11) is 0. The second-order valence-corrected chi connectivity index (χ2v) is 21.7. The molecule has 0 fully saturated rings. The van der Waals surface area contributed by atoms with E-state index in [-0.39, 0.29) is 23.9 Å². The average molecular weight is 923 g/mol. The van der Waals surface area contributed by atoms with Gasteiger partial charge >= 0.3 is 11.9 Å². The predicted molar refractivity (Wildman–Crippen MR) is 281 cm³/mol. The van der Waals surface area contributed by atoms with Crippen molar-refractivity contribution in [2.75, 3.05) is 11.5 Å². The Morgan fingerprint density at radius 3 is 1.08 bits per heavy atom. The third kappa shape index (κ3) is 47.3. The van der Waals surface area contributed by atoms with Gasteiger partial charge in [0.1, 0.15) is 17.7 Å². The van der Waals surface area contributed by atoms with Crippen LogP contribution in [0.1, 0.15) is 318 Å². The van der Waals surface area contributed by atoms with Crippen LogP contribution in [0.5, 0.6) is 0 Å². The van der Waals surface area contributed by atoms with E-state index in [1.54, 1.807) is 11.8 Å². The van der Waals surface area contributed by atoms with Crippen LogP contribution in [-0.4, -0.2) is 47.1 Å². The van der Waals surface area contributed by atoms with Crippen molar-refractivity contribution in [3.8, 4) is 0 Å². The molecule has 0 aliphatic carbocycles. The van der Waals surface area contributed by atoms with Crippen molar-refractivity contribution in [2.45, 2.75) is 335 Å². The molecule has 380 valence electrons. The maximum Gasteiger partial charge on any atom is 0.330 e. The SMILES string of the molecule is CCCCCCCCCCCCCCCC[C@H](CSC[C@@H](NC(=O)CCCCCCCCCCCCCCC)C(=O)OC(C)(C)C)OC(=O)CCCCCCCCCCCCCCC. The minimum absolute atomic E-state index is 0.0808. The van der Waals surface area contributed by atoms with Gasteiger partial charge in [0.25, 0.3) is 0 Å². The number of amides is 1. The monoisotopic (exact) mass is 922 g/mol. The molecule has 0 heterocycles. The summed E-state index contributed by atoms with van der Waals surface area (Å²) in [6, 6.07) is -0.720. The Hall–Kier alpha value is -1.24. The number of carbonyl (C=O) groups is 3. The molecule has 0 spiro atoms. The van der Waals surface area contributed by atoms with Gasteiger partial charge in [0.2, 0.25) is 5.91 Å². The summed E-state index contributed by atoms with van der Waals surface area (Å²) < 4.78 is 11.9. The highest BCUT2D eigenvalue weighted by atomic mass is 32.2. The lowest BCUT2D eigenvalue weighted by Gasteiger charge is -2.25. The number of hydrogen-bond acceptors (Lipinski definition) is 6. The molecule has 7 heteroatoms. The van der Waals surface area contributed by atoms with E-state index in [4.69, 9.17) is 9.47 Å². The van der Waals surface area contributed by atoms with Gasteiger partial charge in [-0.05, 0) is 46.5 Å². The first-order valence-corrected chi connectivity index (χ1v) is 29.6. The van der Waals surface area contributed by atoms with Gasteiger partial charge in [-0.2, -0.15) is 11.8 Å². The van der Waals surface area contributed by atoms with Crippen molar-refractivity contribution >= 4 is 29.6 Å². The van der Waals surface area contributed by atoms with Gasteiger partial charge in [-0.15, -0.1) is 0 Å². The molecular weight excluding hydrogens is 811 g/mol. The Balaban J connectivity index is 4.83. The minimum atomic E-state index is -0.720. The van der Waals surface area contributed by atoms with Crippen LogP contribution in [-0.2, 0) is 23.9 Å². The fourth-order valence-electron chi connectivity index (χ4n) is 8.70. The third-order valence-corrected chi connectivity index (χ3v) is 14.0. The maximum absolute atomic E-state index is 13.3. The van der Waals surface area contributed by atoms with Gasteiger partial charge in [0.15, 0.2) is 0 Å². The summed E-state index contributed by atoms with van der Waals surface area (Å²) in [6.07, 6.45) is 53.1. The first-order chi connectivity index (χ1) is 31.1. The number of hydrogen-bond donors (Lipinski definition) is 1. The highest BCUT2D eigenvalue weighted by Crippen LogP contribution is 2.21. The zero-order valence-corrected chi connectivity index (χ0v) is 44.7. The summed E-state index contributed by atoms with van der Waals surface area (Å²) in [5.41, 5.74) is -0.640. The Labute approximate surface area is 404 Å². The van der Waals surface area contributed by atoms with E-state index < -0.39 is 11.6 Å². The van der Waals surface area contributed by atoms with Crippen LogP contribution in [0.25, 0.3) is 0 Å². The summed E-state index contributed by atoms with van der Waals surface area (Å²) >= 11 is 1.60. The molecule has 0 aliphatic heterocycles. The van der Waals surface area contributed by atoms with Crippen LogP contribution >= 0.6 is 11.8 Å². The first kappa shape index (κ1) is 62.8. The molecule has 6 nitrogen and oxygen atoms in total. The minimum Gasteiger partial charge on any atom is -0.461 e. The zero-order valence-electron chi connectivity index (χ0n) is 43.9. The van der Waals surface area contributed by atoms with Crippen molar-refractivity contribution in [3.63, 3.8) is 0 Å². The number of nitrogens with one attached hydrogen (secondary N) is 1. The predicted octanol–water partition coefficient (Wildman–Crippen LogP) is 18.3. The molecule has 0 saturated heterocycles. The molecule has 0 aromatic carbocycles. The second kappa shape index (κ2) is 48.2. The van der Waals surface area contributed by atoms with Gasteiger partial charge in [0.05, 0.1) is 0 Å². The second-order valence-electron chi connectivity index (χ2n) is 20.7. The molecule has 0 aromatic heterocycles. The van der Waals surface area contributed by atoms with Crippen LogP contribution < -0.4 is 5.32 Å². The fraction of sp³-hybridized carbons (Fsp3) is 0.947. The van der Waals surface area contributed by atoms with Crippen molar-refractivity contribution in [1.82, 2.24) is 5.32 Å².